The summed E-state index contributed by atoms with van der Waals surface area (Å²) in [7, 11) is -3.42. The molecule has 0 amide bonds. The van der Waals surface area contributed by atoms with E-state index in [1.165, 1.54) is 0 Å². The first-order chi connectivity index (χ1) is 9.97. The standard InChI is InChI=1S/C17H17ClO2S/c1-13-7-9-14(10-8-13)16(18)17(11-12-17)21(19,20)15-5-3-2-4-6-15/h2-10,16H,11-12H2,1H3. The molecule has 1 fully saturated rings. The zero-order chi connectivity index (χ0) is 15.1. The summed E-state index contributed by atoms with van der Waals surface area (Å²) < 4.78 is 25.0. The molecule has 2 nitrogen and oxygen atoms in total. The van der Waals surface area contributed by atoms with Crippen LogP contribution in [0.2, 0.25) is 0 Å². The molecule has 0 bridgehead atoms. The van der Waals surface area contributed by atoms with Crippen molar-refractivity contribution in [3.63, 3.8) is 0 Å². The number of sulfone groups is 1. The van der Waals surface area contributed by atoms with Gasteiger partial charge >= 0.3 is 0 Å². The van der Waals surface area contributed by atoms with Crippen LogP contribution in [-0.2, 0) is 9.84 Å². The van der Waals surface area contributed by atoms with E-state index in [-0.39, 0.29) is 0 Å². The molecule has 2 aromatic rings. The molecule has 0 aliphatic heterocycles. The molecule has 0 aromatic heterocycles. The van der Waals surface area contributed by atoms with Gasteiger partial charge in [-0.25, -0.2) is 8.42 Å². The molecule has 110 valence electrons. The first kappa shape index (κ1) is 14.6. The van der Waals surface area contributed by atoms with Crippen LogP contribution in [0, 0.1) is 6.92 Å². The molecule has 0 N–H and O–H groups in total. The molecule has 1 aliphatic carbocycles. The van der Waals surface area contributed by atoms with Gasteiger partial charge in [0.2, 0.25) is 0 Å². The van der Waals surface area contributed by atoms with Gasteiger partial charge in [0.1, 0.15) is 0 Å². The highest BCUT2D eigenvalue weighted by molar-refractivity contribution is 7.93. The molecule has 21 heavy (non-hydrogen) atoms. The van der Waals surface area contributed by atoms with Crippen LogP contribution in [0.5, 0.6) is 0 Å². The third-order valence-electron chi connectivity index (χ3n) is 4.16. The van der Waals surface area contributed by atoms with E-state index in [0.29, 0.717) is 17.7 Å². The summed E-state index contributed by atoms with van der Waals surface area (Å²) in [5.74, 6) is 0. The van der Waals surface area contributed by atoms with Crippen LogP contribution >= 0.6 is 11.6 Å². The van der Waals surface area contributed by atoms with Crippen molar-refractivity contribution in [2.24, 2.45) is 0 Å². The van der Waals surface area contributed by atoms with Gasteiger partial charge in [0.25, 0.3) is 0 Å². The summed E-state index contributed by atoms with van der Waals surface area (Å²) in [4.78, 5) is 0.361. The summed E-state index contributed by atoms with van der Waals surface area (Å²) in [5, 5.41) is -0.511. The van der Waals surface area contributed by atoms with E-state index in [9.17, 15) is 8.42 Å². The second-order valence-electron chi connectivity index (χ2n) is 5.65. The van der Waals surface area contributed by atoms with Gasteiger partial charge in [-0.05, 0) is 37.5 Å². The highest BCUT2D eigenvalue weighted by atomic mass is 35.5. The van der Waals surface area contributed by atoms with Gasteiger partial charge in [-0.1, -0.05) is 48.0 Å². The summed E-state index contributed by atoms with van der Waals surface area (Å²) in [6.45, 7) is 2.00. The smallest absolute Gasteiger partial charge is 0.185 e. The number of hydrogen-bond donors (Lipinski definition) is 0. The number of aryl methyl sites for hydroxylation is 1. The van der Waals surface area contributed by atoms with E-state index < -0.39 is 20.0 Å². The zero-order valence-corrected chi connectivity index (χ0v) is 13.4. The second kappa shape index (κ2) is 5.15. The molecule has 1 unspecified atom stereocenters. The number of hydrogen-bond acceptors (Lipinski definition) is 2. The molecule has 1 atom stereocenters. The zero-order valence-electron chi connectivity index (χ0n) is 11.8. The van der Waals surface area contributed by atoms with Crippen LogP contribution in [0.3, 0.4) is 0 Å². The Bertz CT molecular complexity index is 732. The lowest BCUT2D eigenvalue weighted by Crippen LogP contribution is -2.28. The summed E-state index contributed by atoms with van der Waals surface area (Å²) in [5.41, 5.74) is 2.01. The minimum absolute atomic E-state index is 0.361. The lowest BCUT2D eigenvalue weighted by atomic mass is 10.1. The van der Waals surface area contributed by atoms with E-state index in [1.54, 1.807) is 24.3 Å². The third kappa shape index (κ3) is 2.39. The van der Waals surface area contributed by atoms with Crippen LogP contribution in [0.1, 0.15) is 29.3 Å². The lowest BCUT2D eigenvalue weighted by Gasteiger charge is -2.22. The Morgan fingerprint density at radius 1 is 1.00 bits per heavy atom. The molecule has 4 heteroatoms. The molecular formula is C17H17ClO2S. The average Bonchev–Trinajstić information content (AvgIpc) is 3.30. The highest BCUT2D eigenvalue weighted by Gasteiger charge is 2.60. The average molecular weight is 321 g/mol. The Labute approximate surface area is 130 Å². The Kier molecular flexibility index (Phi) is 3.58. The Balaban J connectivity index is 1.99. The van der Waals surface area contributed by atoms with Crippen LogP contribution in [0.15, 0.2) is 59.5 Å². The molecule has 0 saturated heterocycles. The van der Waals surface area contributed by atoms with E-state index in [2.05, 4.69) is 0 Å². The maximum Gasteiger partial charge on any atom is 0.185 e. The van der Waals surface area contributed by atoms with E-state index in [4.69, 9.17) is 11.6 Å². The fourth-order valence-corrected chi connectivity index (χ4v) is 5.40. The van der Waals surface area contributed by atoms with Crippen molar-refractivity contribution in [2.75, 3.05) is 0 Å². The van der Waals surface area contributed by atoms with Gasteiger partial charge in [0.15, 0.2) is 9.84 Å². The third-order valence-corrected chi connectivity index (χ3v) is 7.57. The van der Waals surface area contributed by atoms with Gasteiger partial charge in [-0.2, -0.15) is 0 Å². The number of benzene rings is 2. The maximum atomic E-state index is 12.9. The topological polar surface area (TPSA) is 34.1 Å². The quantitative estimate of drug-likeness (QED) is 0.788. The normalized spacial score (nSPS) is 18.2. The molecule has 0 heterocycles. The van der Waals surface area contributed by atoms with Gasteiger partial charge in [-0.15, -0.1) is 11.6 Å². The number of rotatable bonds is 4. The first-order valence-corrected chi connectivity index (χ1v) is 8.90. The highest BCUT2D eigenvalue weighted by Crippen LogP contribution is 2.57. The van der Waals surface area contributed by atoms with Crippen molar-refractivity contribution < 1.29 is 8.42 Å². The van der Waals surface area contributed by atoms with Crippen LogP contribution in [0.4, 0.5) is 0 Å². The lowest BCUT2D eigenvalue weighted by molar-refractivity contribution is 0.572. The van der Waals surface area contributed by atoms with Crippen molar-refractivity contribution in [3.8, 4) is 0 Å². The van der Waals surface area contributed by atoms with Gasteiger partial charge in [-0.3, -0.25) is 0 Å². The predicted octanol–water partition coefficient (Wildman–Crippen LogP) is 4.28. The van der Waals surface area contributed by atoms with Crippen molar-refractivity contribution in [1.29, 1.82) is 0 Å². The van der Waals surface area contributed by atoms with Gasteiger partial charge in [0, 0.05) is 0 Å². The predicted molar refractivity (Wildman–Crippen MR) is 85.4 cm³/mol. The molecule has 1 aliphatic rings. The van der Waals surface area contributed by atoms with E-state index >= 15 is 0 Å². The Morgan fingerprint density at radius 2 is 1.57 bits per heavy atom. The minimum Gasteiger partial charge on any atom is -0.223 e. The minimum atomic E-state index is -3.42. The molecule has 3 rings (SSSR count). The molecule has 2 aromatic carbocycles. The molecular weight excluding hydrogens is 304 g/mol. The van der Waals surface area contributed by atoms with E-state index in [0.717, 1.165) is 11.1 Å². The van der Waals surface area contributed by atoms with Crippen LogP contribution < -0.4 is 0 Å². The second-order valence-corrected chi connectivity index (χ2v) is 8.38. The fourth-order valence-electron chi connectivity index (χ4n) is 2.66. The van der Waals surface area contributed by atoms with Crippen LogP contribution in [-0.4, -0.2) is 13.2 Å². The van der Waals surface area contributed by atoms with Crippen molar-refractivity contribution >= 4 is 21.4 Å². The Morgan fingerprint density at radius 3 is 2.10 bits per heavy atom. The maximum absolute atomic E-state index is 12.9. The largest absolute Gasteiger partial charge is 0.223 e. The SMILES string of the molecule is Cc1ccc(C(Cl)C2(S(=O)(=O)c3ccccc3)CC2)cc1. The van der Waals surface area contributed by atoms with Crippen LogP contribution in [0.25, 0.3) is 0 Å². The van der Waals surface area contributed by atoms with E-state index in [1.807, 2.05) is 37.3 Å². The number of alkyl halides is 1. The fraction of sp³-hybridized carbons (Fsp3) is 0.294. The molecule has 1 saturated carbocycles. The van der Waals surface area contributed by atoms with Crippen molar-refractivity contribution in [2.45, 2.75) is 34.8 Å². The number of halogens is 1. The Hall–Kier alpha value is -1.32. The van der Waals surface area contributed by atoms with Gasteiger partial charge < -0.3 is 0 Å². The first-order valence-electron chi connectivity index (χ1n) is 6.98. The van der Waals surface area contributed by atoms with Crippen molar-refractivity contribution in [3.05, 3.63) is 65.7 Å². The molecule has 0 radical (unpaired) electrons. The van der Waals surface area contributed by atoms with Crippen molar-refractivity contribution in [1.82, 2.24) is 0 Å². The summed E-state index contributed by atoms with van der Waals surface area (Å²) >= 11 is 6.57. The monoisotopic (exact) mass is 320 g/mol. The summed E-state index contributed by atoms with van der Waals surface area (Å²) in [6, 6.07) is 16.4. The molecule has 0 spiro atoms. The van der Waals surface area contributed by atoms with Gasteiger partial charge in [0.05, 0.1) is 15.0 Å². The summed E-state index contributed by atoms with van der Waals surface area (Å²) in [6.07, 6.45) is 1.23.